The number of hydrogen-bond donors (Lipinski definition) is 0. The molecule has 0 aromatic heterocycles. The zero-order valence-electron chi connectivity index (χ0n) is 14.1. The SMILES string of the molecule is C=CCN(c1ccc(C(F)(F)F)cc1)S(=O)(=O)c1cc([N+](=O)[O-])ccc1C. The Balaban J connectivity index is 2.57. The van der Waals surface area contributed by atoms with E-state index in [1.54, 1.807) is 0 Å². The van der Waals surface area contributed by atoms with Gasteiger partial charge in [-0.05, 0) is 36.8 Å². The van der Waals surface area contributed by atoms with Crippen LogP contribution in [0.5, 0.6) is 0 Å². The smallest absolute Gasteiger partial charge is 0.263 e. The van der Waals surface area contributed by atoms with Crippen LogP contribution in [0.25, 0.3) is 0 Å². The van der Waals surface area contributed by atoms with Crippen LogP contribution in [0, 0.1) is 17.0 Å². The van der Waals surface area contributed by atoms with E-state index in [0.717, 1.165) is 34.6 Å². The number of nitro benzene ring substituents is 1. The molecule has 0 N–H and O–H groups in total. The molecule has 0 atom stereocenters. The fraction of sp³-hybridized carbons (Fsp3) is 0.176. The van der Waals surface area contributed by atoms with Gasteiger partial charge in [0.25, 0.3) is 15.7 Å². The lowest BCUT2D eigenvalue weighted by atomic mass is 10.2. The van der Waals surface area contributed by atoms with Gasteiger partial charge in [0.1, 0.15) is 0 Å². The molecule has 2 aromatic rings. The number of sulfonamides is 1. The van der Waals surface area contributed by atoms with Crippen LogP contribution in [0.4, 0.5) is 24.5 Å². The third-order valence-electron chi connectivity index (χ3n) is 3.73. The Morgan fingerprint density at radius 1 is 1.19 bits per heavy atom. The molecule has 0 heterocycles. The molecule has 6 nitrogen and oxygen atoms in total. The zero-order chi connectivity index (χ0) is 20.4. The topological polar surface area (TPSA) is 80.5 Å². The first-order valence-corrected chi connectivity index (χ1v) is 8.98. The van der Waals surface area contributed by atoms with Crippen molar-refractivity contribution in [2.75, 3.05) is 10.8 Å². The first kappa shape index (κ1) is 20.4. The summed E-state index contributed by atoms with van der Waals surface area (Å²) >= 11 is 0. The molecule has 27 heavy (non-hydrogen) atoms. The van der Waals surface area contributed by atoms with Crippen LogP contribution in [-0.4, -0.2) is 19.9 Å². The van der Waals surface area contributed by atoms with Gasteiger partial charge in [0.05, 0.1) is 27.6 Å². The predicted molar refractivity (Wildman–Crippen MR) is 94.0 cm³/mol. The van der Waals surface area contributed by atoms with Crippen LogP contribution in [0.2, 0.25) is 0 Å². The summed E-state index contributed by atoms with van der Waals surface area (Å²) in [6, 6.07) is 6.97. The quantitative estimate of drug-likeness (QED) is 0.411. The van der Waals surface area contributed by atoms with E-state index in [4.69, 9.17) is 0 Å². The molecule has 0 radical (unpaired) electrons. The van der Waals surface area contributed by atoms with Crippen LogP contribution < -0.4 is 4.31 Å². The van der Waals surface area contributed by atoms with Gasteiger partial charge in [0.15, 0.2) is 0 Å². The number of benzene rings is 2. The summed E-state index contributed by atoms with van der Waals surface area (Å²) in [6.07, 6.45) is -3.29. The maximum atomic E-state index is 13.0. The number of rotatable bonds is 6. The van der Waals surface area contributed by atoms with Crippen molar-refractivity contribution >= 4 is 21.4 Å². The van der Waals surface area contributed by atoms with Gasteiger partial charge < -0.3 is 0 Å². The Morgan fingerprint density at radius 3 is 2.26 bits per heavy atom. The highest BCUT2D eigenvalue weighted by molar-refractivity contribution is 7.92. The Bertz CT molecular complexity index is 971. The van der Waals surface area contributed by atoms with E-state index in [0.29, 0.717) is 0 Å². The first-order chi connectivity index (χ1) is 12.5. The van der Waals surface area contributed by atoms with E-state index < -0.39 is 32.4 Å². The summed E-state index contributed by atoms with van der Waals surface area (Å²) in [5.41, 5.74) is -1.09. The van der Waals surface area contributed by atoms with E-state index in [2.05, 4.69) is 6.58 Å². The minimum atomic E-state index is -4.56. The largest absolute Gasteiger partial charge is 0.416 e. The average molecular weight is 400 g/mol. The Morgan fingerprint density at radius 2 is 1.78 bits per heavy atom. The number of aryl methyl sites for hydroxylation is 1. The van der Waals surface area contributed by atoms with Crippen LogP contribution in [-0.2, 0) is 16.2 Å². The van der Waals surface area contributed by atoms with E-state index >= 15 is 0 Å². The summed E-state index contributed by atoms with van der Waals surface area (Å²) in [6.45, 7) is 4.71. The van der Waals surface area contributed by atoms with Crippen molar-refractivity contribution in [2.45, 2.75) is 18.0 Å². The van der Waals surface area contributed by atoms with Crippen LogP contribution >= 0.6 is 0 Å². The lowest BCUT2D eigenvalue weighted by Gasteiger charge is -2.24. The predicted octanol–water partition coefficient (Wildman–Crippen LogP) is 4.30. The van der Waals surface area contributed by atoms with Crippen molar-refractivity contribution in [2.24, 2.45) is 0 Å². The highest BCUT2D eigenvalue weighted by Crippen LogP contribution is 2.33. The van der Waals surface area contributed by atoms with Crippen molar-refractivity contribution in [1.82, 2.24) is 0 Å². The van der Waals surface area contributed by atoms with Gasteiger partial charge >= 0.3 is 6.18 Å². The van der Waals surface area contributed by atoms with Gasteiger partial charge in [0, 0.05) is 12.1 Å². The molecule has 0 fully saturated rings. The average Bonchev–Trinajstić information content (AvgIpc) is 2.59. The van der Waals surface area contributed by atoms with Gasteiger partial charge in [-0.1, -0.05) is 12.1 Å². The molecule has 0 saturated heterocycles. The molecule has 0 aliphatic carbocycles. The minimum absolute atomic E-state index is 0.0196. The molecule has 0 unspecified atom stereocenters. The van der Waals surface area contributed by atoms with E-state index in [1.165, 1.54) is 25.1 Å². The standard InChI is InChI=1S/C17H15F3N2O4S/c1-3-10-21(14-8-5-13(6-9-14)17(18,19)20)27(25,26)16-11-15(22(23)24)7-4-12(16)2/h3-9,11H,1,10H2,2H3. The second-order valence-electron chi connectivity index (χ2n) is 5.58. The van der Waals surface area contributed by atoms with Crippen molar-refractivity contribution in [1.29, 1.82) is 0 Å². The molecular weight excluding hydrogens is 385 g/mol. The highest BCUT2D eigenvalue weighted by Gasteiger charge is 2.32. The number of anilines is 1. The lowest BCUT2D eigenvalue weighted by Crippen LogP contribution is -2.31. The zero-order valence-corrected chi connectivity index (χ0v) is 14.9. The molecule has 0 amide bonds. The molecule has 0 aliphatic rings. The Labute approximate surface area is 153 Å². The highest BCUT2D eigenvalue weighted by atomic mass is 32.2. The summed E-state index contributed by atoms with van der Waals surface area (Å²) in [5, 5.41) is 11.0. The van der Waals surface area contributed by atoms with Crippen LogP contribution in [0.1, 0.15) is 11.1 Å². The third kappa shape index (κ3) is 4.27. The Kier molecular flexibility index (Phi) is 5.59. The molecule has 0 aliphatic heterocycles. The lowest BCUT2D eigenvalue weighted by molar-refractivity contribution is -0.385. The van der Waals surface area contributed by atoms with Gasteiger partial charge in [-0.2, -0.15) is 13.2 Å². The number of nitrogens with zero attached hydrogens (tertiary/aromatic N) is 2. The summed E-state index contributed by atoms with van der Waals surface area (Å²) in [4.78, 5) is 9.93. The van der Waals surface area contributed by atoms with Gasteiger partial charge in [0.2, 0.25) is 0 Å². The maximum Gasteiger partial charge on any atom is 0.416 e. The number of nitro groups is 1. The molecule has 0 bridgehead atoms. The van der Waals surface area contributed by atoms with E-state index in [1.807, 2.05) is 0 Å². The van der Waals surface area contributed by atoms with Crippen molar-refractivity contribution in [3.63, 3.8) is 0 Å². The van der Waals surface area contributed by atoms with Crippen molar-refractivity contribution < 1.29 is 26.5 Å². The first-order valence-electron chi connectivity index (χ1n) is 7.54. The fourth-order valence-electron chi connectivity index (χ4n) is 2.38. The van der Waals surface area contributed by atoms with Crippen molar-refractivity contribution in [3.8, 4) is 0 Å². The second-order valence-corrected chi connectivity index (χ2v) is 7.41. The molecule has 10 heteroatoms. The van der Waals surface area contributed by atoms with E-state index in [9.17, 15) is 31.7 Å². The normalized spacial score (nSPS) is 11.9. The molecule has 2 aromatic carbocycles. The Hall–Kier alpha value is -2.88. The maximum absolute atomic E-state index is 13.0. The monoisotopic (exact) mass is 400 g/mol. The fourth-order valence-corrected chi connectivity index (χ4v) is 4.06. The molecular formula is C17H15F3N2O4S. The number of alkyl halides is 3. The van der Waals surface area contributed by atoms with Gasteiger partial charge in [-0.3, -0.25) is 14.4 Å². The van der Waals surface area contributed by atoms with Crippen LogP contribution in [0.15, 0.2) is 60.0 Å². The number of halogens is 3. The molecule has 2 rings (SSSR count). The van der Waals surface area contributed by atoms with Gasteiger partial charge in [-0.15, -0.1) is 6.58 Å². The summed E-state index contributed by atoms with van der Waals surface area (Å²) < 4.78 is 65.1. The van der Waals surface area contributed by atoms with Crippen LogP contribution in [0.3, 0.4) is 0 Å². The van der Waals surface area contributed by atoms with Crippen molar-refractivity contribution in [3.05, 3.63) is 76.4 Å². The molecule has 0 spiro atoms. The second kappa shape index (κ2) is 7.39. The van der Waals surface area contributed by atoms with E-state index in [-0.39, 0.29) is 22.7 Å². The molecule has 144 valence electrons. The minimum Gasteiger partial charge on any atom is -0.263 e. The number of hydrogen-bond acceptors (Lipinski definition) is 4. The summed E-state index contributed by atoms with van der Waals surface area (Å²) in [7, 11) is -4.27. The summed E-state index contributed by atoms with van der Waals surface area (Å²) in [5.74, 6) is 0. The van der Waals surface area contributed by atoms with Gasteiger partial charge in [-0.25, -0.2) is 8.42 Å². The number of non-ortho nitro benzene ring substituents is 1. The third-order valence-corrected chi connectivity index (χ3v) is 5.66. The molecule has 0 saturated carbocycles.